The maximum Gasteiger partial charge on any atom is 0.472 e. The molecule has 0 aliphatic rings. The quantitative estimate of drug-likeness (QED) is 0.0280. The van der Waals surface area contributed by atoms with Gasteiger partial charge in [0, 0.05) is 19.4 Å². The summed E-state index contributed by atoms with van der Waals surface area (Å²) in [6.07, 6.45) is 48.8. The zero-order valence-electron chi connectivity index (χ0n) is 32.7. The SMILES string of the molecule is CC/C=C\C/C=C\C/C=C\C/C=C\C/C=C\C/C=C\CCC(=O)OC(COC(=O)CCCCCCC/C=C\C/C=C\CCC)COP(=O)(O)OCCN. The molecular weight excluding hydrogens is 689 g/mol. The molecule has 0 fully saturated rings. The van der Waals surface area contributed by atoms with Gasteiger partial charge in [-0.1, -0.05) is 137 Å². The molecule has 0 heterocycles. The van der Waals surface area contributed by atoms with E-state index >= 15 is 0 Å². The fourth-order valence-corrected chi connectivity index (χ4v) is 5.34. The Morgan fingerprint density at radius 1 is 0.585 bits per heavy atom. The number of hydrogen-bond donors (Lipinski definition) is 2. The lowest BCUT2D eigenvalue weighted by atomic mass is 10.1. The van der Waals surface area contributed by atoms with Crippen LogP contribution in [0, 0.1) is 0 Å². The first-order valence-corrected chi connectivity index (χ1v) is 21.2. The minimum Gasteiger partial charge on any atom is -0.462 e. The van der Waals surface area contributed by atoms with Gasteiger partial charge in [-0.25, -0.2) is 4.57 Å². The van der Waals surface area contributed by atoms with Gasteiger partial charge in [-0.05, 0) is 77.0 Å². The number of carbonyl (C=O) groups excluding carboxylic acids is 2. The summed E-state index contributed by atoms with van der Waals surface area (Å²) < 4.78 is 32.6. The average molecular weight is 760 g/mol. The van der Waals surface area contributed by atoms with Gasteiger partial charge in [-0.2, -0.15) is 0 Å². The summed E-state index contributed by atoms with van der Waals surface area (Å²) in [6, 6.07) is 0. The van der Waals surface area contributed by atoms with Gasteiger partial charge in [-0.3, -0.25) is 18.6 Å². The molecule has 0 aromatic rings. The van der Waals surface area contributed by atoms with Crippen molar-refractivity contribution in [2.75, 3.05) is 26.4 Å². The van der Waals surface area contributed by atoms with Crippen LogP contribution in [-0.4, -0.2) is 49.3 Å². The fourth-order valence-electron chi connectivity index (χ4n) is 4.58. The lowest BCUT2D eigenvalue weighted by molar-refractivity contribution is -0.161. The Hall–Kier alpha value is -3.07. The van der Waals surface area contributed by atoms with Crippen LogP contribution in [0.1, 0.15) is 129 Å². The normalized spacial score (nSPS) is 14.4. The Bertz CT molecular complexity index is 1180. The number of allylic oxidation sites excluding steroid dienone is 16. The highest BCUT2D eigenvalue weighted by atomic mass is 31.2. The molecule has 2 unspecified atom stereocenters. The molecule has 0 amide bonds. The molecule has 300 valence electrons. The van der Waals surface area contributed by atoms with Crippen molar-refractivity contribution in [2.24, 2.45) is 5.73 Å². The number of ether oxygens (including phenoxy) is 2. The minimum absolute atomic E-state index is 0.0343. The molecule has 0 spiro atoms. The number of phosphoric acid groups is 1. The van der Waals surface area contributed by atoms with Crippen molar-refractivity contribution in [3.8, 4) is 0 Å². The smallest absolute Gasteiger partial charge is 0.462 e. The standard InChI is InChI=1S/C43H70NO8P/c1-3-5-7-9-11-13-15-17-18-19-20-21-22-24-26-28-30-32-34-36-43(46)52-41(40-51-53(47,48)50-38-37-44)39-49-42(45)35-33-31-29-27-25-23-16-14-12-10-8-6-4-2/h5,7-8,10-11,13-14,16-18,20-21,24,26,30,32,41H,3-4,6,9,12,15,19,22-23,25,27-29,31,33-40,44H2,1-2H3,(H,47,48)/b7-5-,10-8-,13-11-,16-14-,18-17-,21-20-,26-24-,32-30-. The second-order valence-corrected chi connectivity index (χ2v) is 13.9. The van der Waals surface area contributed by atoms with Crippen molar-refractivity contribution in [2.45, 2.75) is 136 Å². The molecule has 0 aliphatic carbocycles. The summed E-state index contributed by atoms with van der Waals surface area (Å²) in [7, 11) is -4.40. The first-order chi connectivity index (χ1) is 25.8. The van der Waals surface area contributed by atoms with Crippen molar-refractivity contribution < 1.29 is 37.6 Å². The van der Waals surface area contributed by atoms with E-state index in [2.05, 4.69) is 98.9 Å². The predicted molar refractivity (Wildman–Crippen MR) is 219 cm³/mol. The predicted octanol–water partition coefficient (Wildman–Crippen LogP) is 11.0. The topological polar surface area (TPSA) is 134 Å². The van der Waals surface area contributed by atoms with Gasteiger partial charge >= 0.3 is 19.8 Å². The Morgan fingerprint density at radius 2 is 1.08 bits per heavy atom. The number of hydrogen-bond acceptors (Lipinski definition) is 8. The van der Waals surface area contributed by atoms with Crippen LogP contribution in [-0.2, 0) is 32.7 Å². The highest BCUT2D eigenvalue weighted by Crippen LogP contribution is 2.43. The summed E-state index contributed by atoms with van der Waals surface area (Å²) in [4.78, 5) is 34.7. The Labute approximate surface area is 321 Å². The first-order valence-electron chi connectivity index (χ1n) is 19.7. The van der Waals surface area contributed by atoms with Crippen LogP contribution in [0.25, 0.3) is 0 Å². The van der Waals surface area contributed by atoms with Gasteiger partial charge in [0.1, 0.15) is 6.61 Å². The minimum atomic E-state index is -4.40. The van der Waals surface area contributed by atoms with E-state index in [0.717, 1.165) is 83.5 Å². The molecule has 10 heteroatoms. The van der Waals surface area contributed by atoms with Crippen molar-refractivity contribution in [3.63, 3.8) is 0 Å². The van der Waals surface area contributed by atoms with Gasteiger partial charge in [-0.15, -0.1) is 0 Å². The number of phosphoric ester groups is 1. The van der Waals surface area contributed by atoms with Gasteiger partial charge in [0.15, 0.2) is 6.10 Å². The third kappa shape index (κ3) is 38.5. The van der Waals surface area contributed by atoms with Crippen LogP contribution in [0.2, 0.25) is 0 Å². The molecule has 2 atom stereocenters. The summed E-state index contributed by atoms with van der Waals surface area (Å²) in [5, 5.41) is 0. The highest BCUT2D eigenvalue weighted by Gasteiger charge is 2.25. The molecule has 0 aliphatic heterocycles. The molecule has 0 radical (unpaired) electrons. The van der Waals surface area contributed by atoms with E-state index in [1.165, 1.54) is 6.42 Å². The maximum absolute atomic E-state index is 12.5. The van der Waals surface area contributed by atoms with Crippen LogP contribution in [0.15, 0.2) is 97.2 Å². The first kappa shape index (κ1) is 49.9. The molecular formula is C43H70NO8P. The van der Waals surface area contributed by atoms with Crippen LogP contribution in [0.3, 0.4) is 0 Å². The molecule has 0 rings (SSSR count). The van der Waals surface area contributed by atoms with Crippen LogP contribution >= 0.6 is 7.82 Å². The third-order valence-electron chi connectivity index (χ3n) is 7.45. The molecule has 53 heavy (non-hydrogen) atoms. The summed E-state index contributed by atoms with van der Waals surface area (Å²) in [6.45, 7) is 3.41. The van der Waals surface area contributed by atoms with E-state index in [4.69, 9.17) is 24.3 Å². The summed E-state index contributed by atoms with van der Waals surface area (Å²) in [5.74, 6) is -0.956. The second kappa shape index (κ2) is 38.6. The van der Waals surface area contributed by atoms with Crippen molar-refractivity contribution in [1.82, 2.24) is 0 Å². The van der Waals surface area contributed by atoms with E-state index in [-0.39, 0.29) is 32.6 Å². The third-order valence-corrected chi connectivity index (χ3v) is 8.43. The van der Waals surface area contributed by atoms with E-state index in [0.29, 0.717) is 12.8 Å². The van der Waals surface area contributed by atoms with Gasteiger partial charge in [0.05, 0.1) is 13.2 Å². The maximum atomic E-state index is 12.5. The van der Waals surface area contributed by atoms with Crippen molar-refractivity contribution in [1.29, 1.82) is 0 Å². The van der Waals surface area contributed by atoms with Gasteiger partial charge in [0.2, 0.25) is 0 Å². The number of rotatable bonds is 35. The molecule has 0 saturated carbocycles. The average Bonchev–Trinajstić information content (AvgIpc) is 3.14. The molecule has 3 N–H and O–H groups in total. The summed E-state index contributed by atoms with van der Waals surface area (Å²) in [5.41, 5.74) is 5.33. The Kier molecular flexibility index (Phi) is 36.4. The van der Waals surface area contributed by atoms with E-state index in [1.54, 1.807) is 0 Å². The van der Waals surface area contributed by atoms with Gasteiger partial charge < -0.3 is 20.1 Å². The molecule has 0 bridgehead atoms. The molecule has 9 nitrogen and oxygen atoms in total. The van der Waals surface area contributed by atoms with Crippen LogP contribution in [0.5, 0.6) is 0 Å². The van der Waals surface area contributed by atoms with Gasteiger partial charge in [0.25, 0.3) is 0 Å². The van der Waals surface area contributed by atoms with Crippen molar-refractivity contribution in [3.05, 3.63) is 97.2 Å². The largest absolute Gasteiger partial charge is 0.472 e. The molecule has 0 aromatic carbocycles. The van der Waals surface area contributed by atoms with E-state index < -0.39 is 32.5 Å². The lowest BCUT2D eigenvalue weighted by Crippen LogP contribution is -2.29. The van der Waals surface area contributed by atoms with E-state index in [9.17, 15) is 19.0 Å². The zero-order chi connectivity index (χ0) is 38.9. The highest BCUT2D eigenvalue weighted by molar-refractivity contribution is 7.47. The zero-order valence-corrected chi connectivity index (χ0v) is 33.6. The monoisotopic (exact) mass is 759 g/mol. The van der Waals surface area contributed by atoms with Crippen LogP contribution in [0.4, 0.5) is 0 Å². The van der Waals surface area contributed by atoms with Crippen LogP contribution < -0.4 is 5.73 Å². The van der Waals surface area contributed by atoms with Crippen molar-refractivity contribution >= 4 is 19.8 Å². The number of nitrogens with two attached hydrogens (primary N) is 1. The number of carbonyl (C=O) groups is 2. The number of esters is 2. The summed E-state index contributed by atoms with van der Waals surface area (Å²) >= 11 is 0. The Balaban J connectivity index is 4.39. The molecule has 0 aromatic heterocycles. The Morgan fingerprint density at radius 3 is 1.62 bits per heavy atom. The lowest BCUT2D eigenvalue weighted by Gasteiger charge is -2.19. The van der Waals surface area contributed by atoms with E-state index in [1.807, 2.05) is 12.2 Å². The fraction of sp³-hybridized carbons (Fsp3) is 0.581. The molecule has 0 saturated heterocycles. The number of unbranched alkanes of at least 4 members (excludes halogenated alkanes) is 6. The second-order valence-electron chi connectivity index (χ2n) is 12.4.